The Balaban J connectivity index is 1.67. The Morgan fingerprint density at radius 2 is 1.96 bits per heavy atom. The number of H-pyrrole nitrogens is 1. The molecule has 0 saturated heterocycles. The zero-order chi connectivity index (χ0) is 15.6. The SMILES string of the molecule is Nc1ccccc1-c1nccc(Nc2ccc3[nH]ncc3c2)n1. The maximum Gasteiger partial charge on any atom is 0.163 e. The molecule has 0 amide bonds. The van der Waals surface area contributed by atoms with E-state index in [9.17, 15) is 0 Å². The number of rotatable bonds is 3. The fourth-order valence-electron chi connectivity index (χ4n) is 2.43. The zero-order valence-corrected chi connectivity index (χ0v) is 12.2. The Bertz CT molecular complexity index is 975. The van der Waals surface area contributed by atoms with Crippen LogP contribution in [0.15, 0.2) is 60.9 Å². The Kier molecular flexibility index (Phi) is 3.12. The Morgan fingerprint density at radius 3 is 2.87 bits per heavy atom. The highest BCUT2D eigenvalue weighted by Gasteiger charge is 2.06. The number of hydrogen-bond donors (Lipinski definition) is 3. The lowest BCUT2D eigenvalue weighted by Crippen LogP contribution is -1.98. The molecule has 6 nitrogen and oxygen atoms in total. The van der Waals surface area contributed by atoms with Crippen molar-refractivity contribution in [3.8, 4) is 11.4 Å². The molecule has 0 fully saturated rings. The Labute approximate surface area is 132 Å². The van der Waals surface area contributed by atoms with Crippen LogP contribution in [-0.4, -0.2) is 20.2 Å². The summed E-state index contributed by atoms with van der Waals surface area (Å²) in [6.45, 7) is 0. The first-order valence-corrected chi connectivity index (χ1v) is 7.18. The van der Waals surface area contributed by atoms with E-state index in [0.29, 0.717) is 17.3 Å². The highest BCUT2D eigenvalue weighted by molar-refractivity contribution is 5.82. The number of nitrogens with zero attached hydrogens (tertiary/aromatic N) is 3. The van der Waals surface area contributed by atoms with Crippen molar-refractivity contribution in [2.45, 2.75) is 0 Å². The van der Waals surface area contributed by atoms with Crippen LogP contribution in [0.3, 0.4) is 0 Å². The third-order valence-electron chi connectivity index (χ3n) is 3.57. The summed E-state index contributed by atoms with van der Waals surface area (Å²) >= 11 is 0. The van der Waals surface area contributed by atoms with Crippen LogP contribution in [0.5, 0.6) is 0 Å². The number of benzene rings is 2. The van der Waals surface area contributed by atoms with Gasteiger partial charge < -0.3 is 11.1 Å². The first kappa shape index (κ1) is 13.3. The van der Waals surface area contributed by atoms with Gasteiger partial charge in [0.15, 0.2) is 5.82 Å². The van der Waals surface area contributed by atoms with Crippen molar-refractivity contribution in [2.75, 3.05) is 11.1 Å². The lowest BCUT2D eigenvalue weighted by molar-refractivity contribution is 1.12. The van der Waals surface area contributed by atoms with E-state index in [1.807, 2.05) is 48.5 Å². The van der Waals surface area contributed by atoms with Crippen molar-refractivity contribution in [2.24, 2.45) is 0 Å². The van der Waals surface area contributed by atoms with E-state index in [-0.39, 0.29) is 0 Å². The normalized spacial score (nSPS) is 10.8. The summed E-state index contributed by atoms with van der Waals surface area (Å²) in [6, 6.07) is 15.3. The van der Waals surface area contributed by atoms with Crippen LogP contribution in [0.2, 0.25) is 0 Å². The summed E-state index contributed by atoms with van der Waals surface area (Å²) in [4.78, 5) is 8.85. The summed E-state index contributed by atoms with van der Waals surface area (Å²) < 4.78 is 0. The molecule has 0 bridgehead atoms. The summed E-state index contributed by atoms with van der Waals surface area (Å²) in [5.74, 6) is 1.30. The van der Waals surface area contributed by atoms with Gasteiger partial charge in [-0.05, 0) is 36.4 Å². The van der Waals surface area contributed by atoms with Gasteiger partial charge in [-0.25, -0.2) is 9.97 Å². The number of aromatic amines is 1. The number of para-hydroxylation sites is 1. The molecule has 0 atom stereocenters. The fourth-order valence-corrected chi connectivity index (χ4v) is 2.43. The number of aromatic nitrogens is 4. The van der Waals surface area contributed by atoms with Crippen molar-refractivity contribution < 1.29 is 0 Å². The van der Waals surface area contributed by atoms with E-state index in [2.05, 4.69) is 25.5 Å². The minimum absolute atomic E-state index is 0.595. The van der Waals surface area contributed by atoms with E-state index in [1.54, 1.807) is 12.4 Å². The van der Waals surface area contributed by atoms with Gasteiger partial charge in [-0.2, -0.15) is 5.10 Å². The molecule has 2 aromatic heterocycles. The lowest BCUT2D eigenvalue weighted by atomic mass is 10.1. The van der Waals surface area contributed by atoms with Crippen LogP contribution in [0.4, 0.5) is 17.2 Å². The molecule has 0 aliphatic carbocycles. The molecule has 0 saturated carbocycles. The highest BCUT2D eigenvalue weighted by Crippen LogP contribution is 2.24. The molecule has 4 N–H and O–H groups in total. The minimum atomic E-state index is 0.595. The molecular formula is C17H14N6. The summed E-state index contributed by atoms with van der Waals surface area (Å²) in [5.41, 5.74) is 9.40. The molecule has 2 aromatic carbocycles. The molecule has 4 aromatic rings. The zero-order valence-electron chi connectivity index (χ0n) is 12.2. The number of fused-ring (bicyclic) bond motifs is 1. The van der Waals surface area contributed by atoms with Crippen molar-refractivity contribution in [1.82, 2.24) is 20.2 Å². The van der Waals surface area contributed by atoms with Gasteiger partial charge in [-0.15, -0.1) is 0 Å². The van der Waals surface area contributed by atoms with E-state index in [1.165, 1.54) is 0 Å². The molecule has 6 heteroatoms. The third kappa shape index (κ3) is 2.57. The minimum Gasteiger partial charge on any atom is -0.398 e. The fraction of sp³-hybridized carbons (Fsp3) is 0. The van der Waals surface area contributed by atoms with Gasteiger partial charge in [0, 0.05) is 28.5 Å². The predicted molar refractivity (Wildman–Crippen MR) is 91.3 cm³/mol. The standard InChI is InChI=1S/C17H14N6/c18-14-4-2-1-3-13(14)17-19-8-7-16(22-17)21-12-5-6-15-11(9-12)10-20-23-15/h1-10H,18H2,(H,20,23)(H,19,21,22). The molecule has 0 unspecified atom stereocenters. The largest absolute Gasteiger partial charge is 0.398 e. The van der Waals surface area contributed by atoms with Gasteiger partial charge in [-0.1, -0.05) is 12.1 Å². The smallest absolute Gasteiger partial charge is 0.163 e. The number of nitrogen functional groups attached to an aromatic ring is 1. The number of nitrogens with one attached hydrogen (secondary N) is 2. The van der Waals surface area contributed by atoms with Crippen LogP contribution in [0.1, 0.15) is 0 Å². The van der Waals surface area contributed by atoms with Gasteiger partial charge >= 0.3 is 0 Å². The second-order valence-corrected chi connectivity index (χ2v) is 5.15. The van der Waals surface area contributed by atoms with Gasteiger partial charge in [0.25, 0.3) is 0 Å². The van der Waals surface area contributed by atoms with E-state index in [0.717, 1.165) is 22.2 Å². The topological polar surface area (TPSA) is 92.5 Å². The average Bonchev–Trinajstić information content (AvgIpc) is 3.03. The Hall–Kier alpha value is -3.41. The van der Waals surface area contributed by atoms with Crippen LogP contribution >= 0.6 is 0 Å². The van der Waals surface area contributed by atoms with Gasteiger partial charge in [-0.3, -0.25) is 5.10 Å². The number of hydrogen-bond acceptors (Lipinski definition) is 5. The van der Waals surface area contributed by atoms with Crippen LogP contribution in [0, 0.1) is 0 Å². The molecular weight excluding hydrogens is 288 g/mol. The van der Waals surface area contributed by atoms with Crippen molar-refractivity contribution in [3.05, 3.63) is 60.9 Å². The summed E-state index contributed by atoms with van der Waals surface area (Å²) in [6.07, 6.45) is 3.50. The average molecular weight is 302 g/mol. The lowest BCUT2D eigenvalue weighted by Gasteiger charge is -2.08. The van der Waals surface area contributed by atoms with Gasteiger partial charge in [0.05, 0.1) is 11.7 Å². The third-order valence-corrected chi connectivity index (χ3v) is 3.57. The molecule has 0 spiro atoms. The van der Waals surface area contributed by atoms with Crippen LogP contribution < -0.4 is 11.1 Å². The highest BCUT2D eigenvalue weighted by atomic mass is 15.1. The van der Waals surface area contributed by atoms with Gasteiger partial charge in [0.1, 0.15) is 5.82 Å². The summed E-state index contributed by atoms with van der Waals surface area (Å²) in [7, 11) is 0. The van der Waals surface area contributed by atoms with Crippen molar-refractivity contribution in [3.63, 3.8) is 0 Å². The molecule has 0 aliphatic rings. The van der Waals surface area contributed by atoms with Crippen LogP contribution in [-0.2, 0) is 0 Å². The Morgan fingerprint density at radius 1 is 1.04 bits per heavy atom. The maximum atomic E-state index is 5.99. The first-order chi connectivity index (χ1) is 11.3. The molecule has 2 heterocycles. The van der Waals surface area contributed by atoms with Crippen molar-refractivity contribution in [1.29, 1.82) is 0 Å². The summed E-state index contributed by atoms with van der Waals surface area (Å²) in [5, 5.41) is 11.3. The first-order valence-electron chi connectivity index (χ1n) is 7.18. The molecule has 0 radical (unpaired) electrons. The van der Waals surface area contributed by atoms with Crippen molar-refractivity contribution >= 4 is 28.1 Å². The maximum absolute atomic E-state index is 5.99. The number of anilines is 3. The predicted octanol–water partition coefficient (Wildman–Crippen LogP) is 3.35. The monoisotopic (exact) mass is 302 g/mol. The second-order valence-electron chi connectivity index (χ2n) is 5.15. The van der Waals surface area contributed by atoms with Gasteiger partial charge in [0.2, 0.25) is 0 Å². The number of nitrogens with two attached hydrogens (primary N) is 1. The molecule has 112 valence electrons. The van der Waals surface area contributed by atoms with E-state index >= 15 is 0 Å². The molecule has 0 aliphatic heterocycles. The van der Waals surface area contributed by atoms with Crippen LogP contribution in [0.25, 0.3) is 22.3 Å². The molecule has 23 heavy (non-hydrogen) atoms. The quantitative estimate of drug-likeness (QED) is 0.505. The molecule has 4 rings (SSSR count). The van der Waals surface area contributed by atoms with E-state index in [4.69, 9.17) is 5.73 Å². The van der Waals surface area contributed by atoms with E-state index < -0.39 is 0 Å². The second kappa shape index (κ2) is 5.42.